The highest BCUT2D eigenvalue weighted by Gasteiger charge is 2.13. The molecule has 0 spiro atoms. The van der Waals surface area contributed by atoms with Crippen LogP contribution in [0.3, 0.4) is 0 Å². The Kier molecular flexibility index (Phi) is 6.62. The SMILES string of the molecule is CCCNCc1ccc(C(=O)Nc2cccc(-c3cccc(N)c3C)c2C)nc1. The fourth-order valence-electron chi connectivity index (χ4n) is 3.27. The molecular weight excluding hydrogens is 360 g/mol. The van der Waals surface area contributed by atoms with Crippen molar-refractivity contribution in [1.29, 1.82) is 0 Å². The van der Waals surface area contributed by atoms with E-state index in [2.05, 4.69) is 22.5 Å². The number of carbonyl (C=O) groups is 1. The second-order valence-electron chi connectivity index (χ2n) is 7.18. The van der Waals surface area contributed by atoms with Crippen molar-refractivity contribution in [2.45, 2.75) is 33.7 Å². The molecule has 3 aromatic rings. The molecule has 0 fully saturated rings. The van der Waals surface area contributed by atoms with Crippen LogP contribution in [0.4, 0.5) is 11.4 Å². The van der Waals surface area contributed by atoms with E-state index in [0.717, 1.165) is 58.7 Å². The lowest BCUT2D eigenvalue weighted by Crippen LogP contribution is -2.16. The first-order chi connectivity index (χ1) is 14.0. The van der Waals surface area contributed by atoms with Crippen LogP contribution >= 0.6 is 0 Å². The van der Waals surface area contributed by atoms with Crippen molar-refractivity contribution in [2.75, 3.05) is 17.6 Å². The Labute approximate surface area is 172 Å². The molecule has 4 N–H and O–H groups in total. The maximum atomic E-state index is 12.7. The number of nitrogens with two attached hydrogens (primary N) is 1. The van der Waals surface area contributed by atoms with E-state index in [4.69, 9.17) is 5.73 Å². The number of rotatable bonds is 7. The molecule has 29 heavy (non-hydrogen) atoms. The lowest BCUT2D eigenvalue weighted by molar-refractivity contribution is 0.102. The van der Waals surface area contributed by atoms with Crippen LogP contribution < -0.4 is 16.4 Å². The van der Waals surface area contributed by atoms with E-state index in [1.165, 1.54) is 0 Å². The van der Waals surface area contributed by atoms with Crippen molar-refractivity contribution in [3.05, 3.63) is 77.1 Å². The molecule has 0 bridgehead atoms. The van der Waals surface area contributed by atoms with E-state index in [1.807, 2.05) is 56.3 Å². The molecule has 0 aliphatic carbocycles. The number of pyridine rings is 1. The van der Waals surface area contributed by atoms with Crippen molar-refractivity contribution in [2.24, 2.45) is 0 Å². The predicted molar refractivity (Wildman–Crippen MR) is 120 cm³/mol. The van der Waals surface area contributed by atoms with E-state index < -0.39 is 0 Å². The summed E-state index contributed by atoms with van der Waals surface area (Å²) in [5, 5.41) is 6.32. The number of amides is 1. The molecule has 0 radical (unpaired) electrons. The third-order valence-electron chi connectivity index (χ3n) is 5.06. The Bertz CT molecular complexity index is 996. The molecule has 1 aromatic heterocycles. The summed E-state index contributed by atoms with van der Waals surface area (Å²) < 4.78 is 0. The number of aromatic nitrogens is 1. The first kappa shape index (κ1) is 20.6. The van der Waals surface area contributed by atoms with Crippen LogP contribution in [0.2, 0.25) is 0 Å². The van der Waals surface area contributed by atoms with Gasteiger partial charge in [-0.1, -0.05) is 37.3 Å². The molecule has 3 rings (SSSR count). The average Bonchev–Trinajstić information content (AvgIpc) is 2.72. The summed E-state index contributed by atoms with van der Waals surface area (Å²) in [5.41, 5.74) is 13.2. The van der Waals surface area contributed by atoms with Crippen LogP contribution in [0, 0.1) is 13.8 Å². The highest BCUT2D eigenvalue weighted by atomic mass is 16.1. The van der Waals surface area contributed by atoms with E-state index in [0.29, 0.717) is 5.69 Å². The number of hydrogen-bond acceptors (Lipinski definition) is 4. The molecule has 0 atom stereocenters. The van der Waals surface area contributed by atoms with Crippen molar-refractivity contribution in [1.82, 2.24) is 10.3 Å². The summed E-state index contributed by atoms with van der Waals surface area (Å²) >= 11 is 0. The van der Waals surface area contributed by atoms with Gasteiger partial charge in [-0.25, -0.2) is 0 Å². The summed E-state index contributed by atoms with van der Waals surface area (Å²) in [6.07, 6.45) is 2.83. The van der Waals surface area contributed by atoms with E-state index in [9.17, 15) is 4.79 Å². The molecule has 150 valence electrons. The van der Waals surface area contributed by atoms with Gasteiger partial charge in [0, 0.05) is 24.1 Å². The van der Waals surface area contributed by atoms with Crippen LogP contribution in [-0.2, 0) is 6.54 Å². The number of benzene rings is 2. The van der Waals surface area contributed by atoms with Crippen LogP contribution in [0.15, 0.2) is 54.7 Å². The quantitative estimate of drug-likeness (QED) is 0.405. The van der Waals surface area contributed by atoms with Crippen molar-refractivity contribution in [3.63, 3.8) is 0 Å². The topological polar surface area (TPSA) is 80.0 Å². The third kappa shape index (κ3) is 4.81. The van der Waals surface area contributed by atoms with Crippen LogP contribution in [0.1, 0.15) is 40.5 Å². The normalized spacial score (nSPS) is 10.7. The van der Waals surface area contributed by atoms with Gasteiger partial charge in [0.1, 0.15) is 5.69 Å². The van der Waals surface area contributed by atoms with Crippen LogP contribution in [0.25, 0.3) is 11.1 Å². The van der Waals surface area contributed by atoms with Gasteiger partial charge in [0.2, 0.25) is 0 Å². The first-order valence-electron chi connectivity index (χ1n) is 9.93. The highest BCUT2D eigenvalue weighted by molar-refractivity contribution is 6.03. The summed E-state index contributed by atoms with van der Waals surface area (Å²) in [6.45, 7) is 7.86. The van der Waals surface area contributed by atoms with Gasteiger partial charge in [-0.3, -0.25) is 9.78 Å². The van der Waals surface area contributed by atoms with Gasteiger partial charge in [-0.15, -0.1) is 0 Å². The standard InChI is InChI=1S/C24H28N4O/c1-4-13-26-14-18-11-12-23(27-15-18)24(29)28-22-10-6-8-20(17(22)3)19-7-5-9-21(25)16(19)2/h5-12,15,26H,4,13-14,25H2,1-3H3,(H,28,29). The Hall–Kier alpha value is -3.18. The van der Waals surface area contributed by atoms with Gasteiger partial charge in [0.25, 0.3) is 5.91 Å². The summed E-state index contributed by atoms with van der Waals surface area (Å²) in [6, 6.07) is 15.5. The van der Waals surface area contributed by atoms with Gasteiger partial charge >= 0.3 is 0 Å². The molecule has 0 saturated heterocycles. The minimum Gasteiger partial charge on any atom is -0.398 e. The van der Waals surface area contributed by atoms with Gasteiger partial charge in [0.05, 0.1) is 0 Å². The maximum absolute atomic E-state index is 12.7. The predicted octanol–water partition coefficient (Wildman–Crippen LogP) is 4.70. The first-order valence-corrected chi connectivity index (χ1v) is 9.93. The molecule has 1 amide bonds. The van der Waals surface area contributed by atoms with E-state index >= 15 is 0 Å². The molecular formula is C24H28N4O. The number of nitrogens with one attached hydrogen (secondary N) is 2. The molecule has 0 saturated carbocycles. The van der Waals surface area contributed by atoms with Gasteiger partial charge < -0.3 is 16.4 Å². The second kappa shape index (κ2) is 9.34. The van der Waals surface area contributed by atoms with Crippen molar-refractivity contribution < 1.29 is 4.79 Å². The zero-order valence-corrected chi connectivity index (χ0v) is 17.3. The lowest BCUT2D eigenvalue weighted by Gasteiger charge is -2.15. The van der Waals surface area contributed by atoms with Crippen LogP contribution in [-0.4, -0.2) is 17.4 Å². The smallest absolute Gasteiger partial charge is 0.274 e. The fraction of sp³-hybridized carbons (Fsp3) is 0.250. The Morgan fingerprint density at radius 1 is 1.00 bits per heavy atom. The summed E-state index contributed by atoms with van der Waals surface area (Å²) in [5.74, 6) is -0.220. The number of nitrogens with zero attached hydrogens (tertiary/aromatic N) is 1. The Morgan fingerprint density at radius 3 is 2.41 bits per heavy atom. The van der Waals surface area contributed by atoms with Crippen LogP contribution in [0.5, 0.6) is 0 Å². The number of anilines is 2. The summed E-state index contributed by atoms with van der Waals surface area (Å²) in [7, 11) is 0. The average molecular weight is 389 g/mol. The minimum atomic E-state index is -0.220. The van der Waals surface area contributed by atoms with E-state index in [1.54, 1.807) is 12.3 Å². The molecule has 5 nitrogen and oxygen atoms in total. The summed E-state index contributed by atoms with van der Waals surface area (Å²) in [4.78, 5) is 17.0. The van der Waals surface area contributed by atoms with Crippen molar-refractivity contribution in [3.8, 4) is 11.1 Å². The fourth-order valence-corrected chi connectivity index (χ4v) is 3.27. The Balaban J connectivity index is 1.78. The molecule has 0 aliphatic heterocycles. The highest BCUT2D eigenvalue weighted by Crippen LogP contribution is 2.32. The van der Waals surface area contributed by atoms with Gasteiger partial charge in [-0.2, -0.15) is 0 Å². The molecule has 0 aliphatic rings. The largest absolute Gasteiger partial charge is 0.398 e. The molecule has 2 aromatic carbocycles. The zero-order chi connectivity index (χ0) is 20.8. The van der Waals surface area contributed by atoms with E-state index in [-0.39, 0.29) is 5.91 Å². The number of carbonyl (C=O) groups excluding carboxylic acids is 1. The molecule has 0 unspecified atom stereocenters. The molecule has 5 heteroatoms. The maximum Gasteiger partial charge on any atom is 0.274 e. The minimum absolute atomic E-state index is 0.220. The number of hydrogen-bond donors (Lipinski definition) is 3. The van der Waals surface area contributed by atoms with Crippen molar-refractivity contribution >= 4 is 17.3 Å². The lowest BCUT2D eigenvalue weighted by atomic mass is 9.95. The van der Waals surface area contributed by atoms with Gasteiger partial charge in [-0.05, 0) is 72.8 Å². The van der Waals surface area contributed by atoms with Gasteiger partial charge in [0.15, 0.2) is 0 Å². The Morgan fingerprint density at radius 2 is 1.72 bits per heavy atom. The third-order valence-corrected chi connectivity index (χ3v) is 5.06. The number of nitrogen functional groups attached to an aromatic ring is 1. The zero-order valence-electron chi connectivity index (χ0n) is 17.3. The monoisotopic (exact) mass is 388 g/mol. The second-order valence-corrected chi connectivity index (χ2v) is 7.18. The molecule has 1 heterocycles.